The van der Waals surface area contributed by atoms with Crippen LogP contribution in [0.15, 0.2) is 54.6 Å². The summed E-state index contributed by atoms with van der Waals surface area (Å²) < 4.78 is 22.9. The van der Waals surface area contributed by atoms with E-state index in [1.54, 1.807) is 12.1 Å². The number of hydrogen-bond donors (Lipinski definition) is 1. The molecule has 1 saturated heterocycles. The van der Waals surface area contributed by atoms with Crippen molar-refractivity contribution in [2.24, 2.45) is 11.7 Å². The Morgan fingerprint density at radius 2 is 1.74 bits per heavy atom. The zero-order valence-electron chi connectivity index (χ0n) is 15.9. The van der Waals surface area contributed by atoms with E-state index in [0.717, 1.165) is 18.4 Å². The molecule has 0 bridgehead atoms. The smallest absolute Gasteiger partial charge is 0.325 e. The van der Waals surface area contributed by atoms with Crippen molar-refractivity contribution in [3.8, 4) is 0 Å². The first kappa shape index (κ1) is 21.1. The van der Waals surface area contributed by atoms with E-state index < -0.39 is 6.04 Å². The summed E-state index contributed by atoms with van der Waals surface area (Å²) >= 11 is 0. The SMILES string of the molecule is CC1C[C@@H](Cc2ccccc2)COC[C@H](N)C(=O)O1.Cc1ccc(F)cc1. The van der Waals surface area contributed by atoms with Gasteiger partial charge in [-0.3, -0.25) is 4.79 Å². The lowest BCUT2D eigenvalue weighted by Crippen LogP contribution is -2.37. The molecule has 2 aromatic carbocycles. The molecule has 3 rings (SSSR count). The van der Waals surface area contributed by atoms with Gasteiger partial charge in [-0.05, 0) is 50.3 Å². The Labute approximate surface area is 160 Å². The molecule has 27 heavy (non-hydrogen) atoms. The molecule has 0 saturated carbocycles. The molecule has 0 spiro atoms. The highest BCUT2D eigenvalue weighted by atomic mass is 19.1. The first-order valence-electron chi connectivity index (χ1n) is 9.24. The Bertz CT molecular complexity index is 669. The van der Waals surface area contributed by atoms with Crippen LogP contribution < -0.4 is 5.73 Å². The van der Waals surface area contributed by atoms with Gasteiger partial charge in [0.1, 0.15) is 11.9 Å². The summed E-state index contributed by atoms with van der Waals surface area (Å²) in [5.41, 5.74) is 8.04. The lowest BCUT2D eigenvalue weighted by molar-refractivity contribution is -0.150. The van der Waals surface area contributed by atoms with Crippen molar-refractivity contribution >= 4 is 5.97 Å². The van der Waals surface area contributed by atoms with Gasteiger partial charge in [-0.25, -0.2) is 4.39 Å². The minimum Gasteiger partial charge on any atom is -0.461 e. The third-order valence-electron chi connectivity index (χ3n) is 4.31. The predicted octanol–water partition coefficient (Wildman–Crippen LogP) is 3.66. The largest absolute Gasteiger partial charge is 0.461 e. The van der Waals surface area contributed by atoms with E-state index in [4.69, 9.17) is 15.2 Å². The molecule has 1 heterocycles. The third kappa shape index (κ3) is 7.89. The van der Waals surface area contributed by atoms with E-state index in [2.05, 4.69) is 12.1 Å². The van der Waals surface area contributed by atoms with Crippen molar-refractivity contribution in [1.82, 2.24) is 0 Å². The van der Waals surface area contributed by atoms with Gasteiger partial charge in [0.2, 0.25) is 0 Å². The number of halogens is 1. The molecule has 1 fully saturated rings. The Kier molecular flexibility index (Phi) is 8.43. The van der Waals surface area contributed by atoms with Gasteiger partial charge >= 0.3 is 5.97 Å². The number of nitrogens with two attached hydrogens (primary N) is 1. The van der Waals surface area contributed by atoms with Crippen molar-refractivity contribution < 1.29 is 18.7 Å². The lowest BCUT2D eigenvalue weighted by Gasteiger charge is -2.19. The van der Waals surface area contributed by atoms with Crippen molar-refractivity contribution in [1.29, 1.82) is 0 Å². The average molecular weight is 373 g/mol. The van der Waals surface area contributed by atoms with E-state index >= 15 is 0 Å². The van der Waals surface area contributed by atoms with Crippen LogP contribution in [0.3, 0.4) is 0 Å². The van der Waals surface area contributed by atoms with E-state index in [0.29, 0.717) is 12.5 Å². The van der Waals surface area contributed by atoms with Crippen LogP contribution in [0.2, 0.25) is 0 Å². The molecule has 2 aromatic rings. The minimum atomic E-state index is -0.669. The van der Waals surface area contributed by atoms with Gasteiger partial charge in [-0.1, -0.05) is 48.0 Å². The second kappa shape index (κ2) is 10.8. The molecule has 4 nitrogen and oxygen atoms in total. The maximum Gasteiger partial charge on any atom is 0.325 e. The topological polar surface area (TPSA) is 61.5 Å². The number of benzene rings is 2. The Morgan fingerprint density at radius 1 is 1.07 bits per heavy atom. The number of cyclic esters (lactones) is 1. The fourth-order valence-corrected chi connectivity index (χ4v) is 2.92. The zero-order valence-corrected chi connectivity index (χ0v) is 15.9. The molecule has 3 atom stereocenters. The van der Waals surface area contributed by atoms with Crippen LogP contribution in [0.5, 0.6) is 0 Å². The number of hydrogen-bond acceptors (Lipinski definition) is 4. The monoisotopic (exact) mass is 373 g/mol. The van der Waals surface area contributed by atoms with Gasteiger partial charge in [-0.2, -0.15) is 0 Å². The molecule has 1 aliphatic heterocycles. The average Bonchev–Trinajstić information content (AvgIpc) is 2.70. The fourth-order valence-electron chi connectivity index (χ4n) is 2.92. The van der Waals surface area contributed by atoms with Gasteiger partial charge in [0.25, 0.3) is 0 Å². The number of aryl methyl sites for hydroxylation is 1. The molecular weight excluding hydrogens is 345 g/mol. The highest BCUT2D eigenvalue weighted by molar-refractivity contribution is 5.75. The van der Waals surface area contributed by atoms with Crippen molar-refractivity contribution in [3.05, 3.63) is 71.5 Å². The minimum absolute atomic E-state index is 0.117. The third-order valence-corrected chi connectivity index (χ3v) is 4.31. The first-order chi connectivity index (χ1) is 12.9. The van der Waals surface area contributed by atoms with Crippen LogP contribution in [0.1, 0.15) is 24.5 Å². The Hall–Kier alpha value is -2.24. The summed E-state index contributed by atoms with van der Waals surface area (Å²) in [6.45, 7) is 4.69. The maximum atomic E-state index is 12.1. The van der Waals surface area contributed by atoms with Gasteiger partial charge in [0, 0.05) is 6.61 Å². The maximum absolute atomic E-state index is 12.1. The summed E-state index contributed by atoms with van der Waals surface area (Å²) in [5.74, 6) is -0.195. The summed E-state index contributed by atoms with van der Waals surface area (Å²) in [7, 11) is 0. The highest BCUT2D eigenvalue weighted by Crippen LogP contribution is 2.18. The Balaban J connectivity index is 0.000000273. The Morgan fingerprint density at radius 3 is 2.37 bits per heavy atom. The molecular formula is C22H28FNO3. The summed E-state index contributed by atoms with van der Waals surface area (Å²) in [6.07, 6.45) is 1.61. The van der Waals surface area contributed by atoms with Crippen molar-refractivity contribution in [2.75, 3.05) is 13.2 Å². The van der Waals surface area contributed by atoms with Crippen LogP contribution in [-0.2, 0) is 20.7 Å². The molecule has 1 unspecified atom stereocenters. The molecule has 2 N–H and O–H groups in total. The van der Waals surface area contributed by atoms with E-state index in [9.17, 15) is 9.18 Å². The van der Waals surface area contributed by atoms with Crippen LogP contribution in [0, 0.1) is 18.7 Å². The standard InChI is InChI=1S/C15H21NO3.C7H7F/c1-11-7-13(8-12-5-3-2-4-6-12)9-18-10-14(16)15(17)19-11;1-6-2-4-7(8)5-3-6/h2-6,11,13-14H,7-10,16H2,1H3;2-5H,1H3/t11?,13-,14-;/m0./s1. The quantitative estimate of drug-likeness (QED) is 0.816. The summed E-state index contributed by atoms with van der Waals surface area (Å²) in [5, 5.41) is 0. The fraction of sp³-hybridized carbons (Fsp3) is 0.409. The molecule has 1 aliphatic rings. The molecule has 5 heteroatoms. The lowest BCUT2D eigenvalue weighted by atomic mass is 9.95. The molecule has 0 amide bonds. The number of esters is 1. The second-order valence-electron chi connectivity index (χ2n) is 6.98. The zero-order chi connectivity index (χ0) is 19.6. The molecule has 0 aliphatic carbocycles. The van der Waals surface area contributed by atoms with Gasteiger partial charge in [-0.15, -0.1) is 0 Å². The van der Waals surface area contributed by atoms with Gasteiger partial charge in [0.15, 0.2) is 0 Å². The van der Waals surface area contributed by atoms with Crippen LogP contribution in [0.25, 0.3) is 0 Å². The summed E-state index contributed by atoms with van der Waals surface area (Å²) in [4.78, 5) is 11.6. The van der Waals surface area contributed by atoms with Crippen LogP contribution in [-0.4, -0.2) is 31.3 Å². The van der Waals surface area contributed by atoms with E-state index in [1.807, 2.05) is 32.0 Å². The second-order valence-corrected chi connectivity index (χ2v) is 6.98. The molecule has 0 radical (unpaired) electrons. The molecule has 0 aromatic heterocycles. The van der Waals surface area contributed by atoms with Crippen molar-refractivity contribution in [2.45, 2.75) is 38.8 Å². The molecule has 146 valence electrons. The predicted molar refractivity (Wildman–Crippen MR) is 104 cm³/mol. The summed E-state index contributed by atoms with van der Waals surface area (Å²) in [6, 6.07) is 16.0. The highest BCUT2D eigenvalue weighted by Gasteiger charge is 2.24. The first-order valence-corrected chi connectivity index (χ1v) is 9.24. The number of carbonyl (C=O) groups excluding carboxylic acids is 1. The number of carbonyl (C=O) groups is 1. The van der Waals surface area contributed by atoms with Gasteiger partial charge < -0.3 is 15.2 Å². The number of ether oxygens (including phenoxy) is 2. The van der Waals surface area contributed by atoms with Crippen LogP contribution >= 0.6 is 0 Å². The normalized spacial score (nSPS) is 23.1. The van der Waals surface area contributed by atoms with Crippen molar-refractivity contribution in [3.63, 3.8) is 0 Å². The van der Waals surface area contributed by atoms with Crippen LogP contribution in [0.4, 0.5) is 4.39 Å². The van der Waals surface area contributed by atoms with E-state index in [1.165, 1.54) is 17.7 Å². The number of rotatable bonds is 2. The van der Waals surface area contributed by atoms with E-state index in [-0.39, 0.29) is 24.5 Å². The van der Waals surface area contributed by atoms with Gasteiger partial charge in [0.05, 0.1) is 12.7 Å².